The highest BCUT2D eigenvalue weighted by molar-refractivity contribution is 6.31. The van der Waals surface area contributed by atoms with Crippen LogP contribution in [0.2, 0.25) is 5.02 Å². The van der Waals surface area contributed by atoms with E-state index < -0.39 is 6.04 Å². The highest BCUT2D eigenvalue weighted by Crippen LogP contribution is 2.32. The van der Waals surface area contributed by atoms with E-state index in [1.807, 2.05) is 48.5 Å². The van der Waals surface area contributed by atoms with E-state index in [0.717, 1.165) is 41.1 Å². The Morgan fingerprint density at radius 2 is 1.38 bits per heavy atom. The molecule has 0 aliphatic carbocycles. The molecule has 0 aromatic heterocycles. The third-order valence-corrected chi connectivity index (χ3v) is 8.66. The number of amides is 1. The molecule has 5 heteroatoms. The number of nitrogens with one attached hydrogen (secondary N) is 1. The van der Waals surface area contributed by atoms with Gasteiger partial charge in [0.25, 0.3) is 0 Å². The molecule has 1 amide bonds. The van der Waals surface area contributed by atoms with Crippen molar-refractivity contribution in [1.82, 2.24) is 5.32 Å². The largest absolute Gasteiger partial charge is 0.494 e. The second-order valence-corrected chi connectivity index (χ2v) is 13.3. The summed E-state index contributed by atoms with van der Waals surface area (Å²) in [7, 11) is 0. The Labute approximate surface area is 261 Å². The maximum atomic E-state index is 12.5. The average Bonchev–Trinajstić information content (AvgIpc) is 2.96. The Kier molecular flexibility index (Phi) is 17.6. The van der Waals surface area contributed by atoms with Crippen LogP contribution in [0.1, 0.15) is 129 Å². The highest BCUT2D eigenvalue weighted by Gasteiger charge is 2.20. The van der Waals surface area contributed by atoms with Crippen molar-refractivity contribution in [1.29, 1.82) is 0 Å². The molecule has 0 fully saturated rings. The maximum absolute atomic E-state index is 12.5. The molecule has 4 nitrogen and oxygen atoms in total. The van der Waals surface area contributed by atoms with E-state index in [1.54, 1.807) is 6.29 Å². The molecule has 2 aromatic carbocycles. The zero-order valence-corrected chi connectivity index (χ0v) is 27.6. The molecule has 4 atom stereocenters. The second kappa shape index (κ2) is 20.6. The van der Waals surface area contributed by atoms with Crippen LogP contribution in [0.4, 0.5) is 0 Å². The fraction of sp³-hybridized carbons (Fsp3) is 0.622. The van der Waals surface area contributed by atoms with Gasteiger partial charge in [-0.2, -0.15) is 0 Å². The lowest BCUT2D eigenvalue weighted by Gasteiger charge is -2.22. The number of rotatable bonds is 22. The van der Waals surface area contributed by atoms with Crippen molar-refractivity contribution >= 4 is 23.8 Å². The van der Waals surface area contributed by atoms with Gasteiger partial charge in [-0.3, -0.25) is 9.59 Å². The first-order chi connectivity index (χ1) is 20.2. The number of hydrogen-bond donors (Lipinski definition) is 1. The Morgan fingerprint density at radius 3 is 1.95 bits per heavy atom. The Morgan fingerprint density at radius 1 is 0.810 bits per heavy atom. The number of carbonyl (C=O) groups is 1. The first-order valence-corrected chi connectivity index (χ1v) is 16.7. The zero-order valence-electron chi connectivity index (χ0n) is 26.8. The molecule has 1 N–H and O–H groups in total. The van der Waals surface area contributed by atoms with Gasteiger partial charge in [0.15, 0.2) is 6.29 Å². The lowest BCUT2D eigenvalue weighted by atomic mass is 9.91. The Hall–Kier alpha value is -2.33. The second-order valence-electron chi connectivity index (χ2n) is 12.9. The normalized spacial score (nSPS) is 14.3. The van der Waals surface area contributed by atoms with Crippen LogP contribution >= 0.6 is 11.6 Å². The monoisotopic (exact) mass is 596 g/mol. The van der Waals surface area contributed by atoms with E-state index in [2.05, 4.69) is 39.9 Å². The molecule has 0 heterocycles. The van der Waals surface area contributed by atoms with E-state index in [0.29, 0.717) is 17.5 Å². The average molecular weight is 597 g/mol. The number of carbonyl (C=O) groups excluding carboxylic acids is 2. The van der Waals surface area contributed by atoms with Crippen molar-refractivity contribution in [3.63, 3.8) is 0 Å². The third kappa shape index (κ3) is 14.7. The highest BCUT2D eigenvalue weighted by atomic mass is 35.5. The van der Waals surface area contributed by atoms with Crippen molar-refractivity contribution in [3.8, 4) is 5.75 Å². The van der Waals surface area contributed by atoms with E-state index in [4.69, 9.17) is 16.3 Å². The first-order valence-electron chi connectivity index (χ1n) is 16.3. The lowest BCUT2D eigenvalue weighted by Crippen LogP contribution is -2.29. The van der Waals surface area contributed by atoms with Crippen LogP contribution in [0.3, 0.4) is 0 Å². The van der Waals surface area contributed by atoms with Crippen molar-refractivity contribution in [2.24, 2.45) is 23.7 Å². The molecule has 2 aromatic rings. The van der Waals surface area contributed by atoms with Gasteiger partial charge >= 0.3 is 0 Å². The first kappa shape index (κ1) is 35.9. The van der Waals surface area contributed by atoms with Crippen molar-refractivity contribution in [2.75, 3.05) is 6.61 Å². The fourth-order valence-corrected chi connectivity index (χ4v) is 5.76. The SMILES string of the molecule is CC(C)CCC[C@@H](C)CCC[C@@H](C)CCCC(C)CCOc1ccc(Cl)c(C(NC(=O)CC[C]=O)c2ccccc2)c1. The molecule has 0 saturated carbocycles. The quantitative estimate of drug-likeness (QED) is 0.147. The minimum absolute atomic E-state index is 0.0687. The van der Waals surface area contributed by atoms with Gasteiger partial charge in [0, 0.05) is 23.4 Å². The van der Waals surface area contributed by atoms with Gasteiger partial charge in [0.05, 0.1) is 12.6 Å². The lowest BCUT2D eigenvalue weighted by molar-refractivity contribution is -0.121. The maximum Gasteiger partial charge on any atom is 0.221 e. The molecular weight excluding hydrogens is 542 g/mol. The van der Waals surface area contributed by atoms with Crippen molar-refractivity contribution in [2.45, 2.75) is 118 Å². The molecule has 233 valence electrons. The summed E-state index contributed by atoms with van der Waals surface area (Å²) in [4.78, 5) is 23.1. The van der Waals surface area contributed by atoms with Gasteiger partial charge < -0.3 is 10.1 Å². The summed E-state index contributed by atoms with van der Waals surface area (Å²) in [6, 6.07) is 14.9. The van der Waals surface area contributed by atoms with Crippen LogP contribution in [0.5, 0.6) is 5.75 Å². The van der Waals surface area contributed by atoms with Gasteiger partial charge in [-0.1, -0.05) is 134 Å². The van der Waals surface area contributed by atoms with E-state index in [9.17, 15) is 9.59 Å². The van der Waals surface area contributed by atoms with Gasteiger partial charge in [-0.05, 0) is 53.9 Å². The van der Waals surface area contributed by atoms with Gasteiger partial charge in [-0.25, -0.2) is 0 Å². The molecule has 2 rings (SSSR count). The van der Waals surface area contributed by atoms with Crippen LogP contribution in [0.25, 0.3) is 0 Å². The van der Waals surface area contributed by atoms with Gasteiger partial charge in [-0.15, -0.1) is 0 Å². The molecule has 0 bridgehead atoms. The summed E-state index contributed by atoms with van der Waals surface area (Å²) in [6.07, 6.45) is 15.0. The summed E-state index contributed by atoms with van der Waals surface area (Å²) in [5.41, 5.74) is 1.69. The van der Waals surface area contributed by atoms with Crippen LogP contribution in [0, 0.1) is 23.7 Å². The molecular formula is C37H55ClNO3. The summed E-state index contributed by atoms with van der Waals surface area (Å²) >= 11 is 6.60. The Bertz CT molecular complexity index is 1020. The molecule has 0 aliphatic rings. The number of benzene rings is 2. The summed E-state index contributed by atoms with van der Waals surface area (Å²) in [6.45, 7) is 12.4. The third-order valence-electron chi connectivity index (χ3n) is 8.32. The predicted molar refractivity (Wildman–Crippen MR) is 177 cm³/mol. The van der Waals surface area contributed by atoms with Crippen molar-refractivity contribution in [3.05, 3.63) is 64.7 Å². The summed E-state index contributed by atoms with van der Waals surface area (Å²) in [5.74, 6) is 3.63. The molecule has 42 heavy (non-hydrogen) atoms. The van der Waals surface area contributed by atoms with Crippen LogP contribution < -0.4 is 10.1 Å². The van der Waals surface area contributed by atoms with E-state index >= 15 is 0 Å². The molecule has 0 saturated heterocycles. The number of halogens is 1. The van der Waals surface area contributed by atoms with E-state index in [-0.39, 0.29) is 18.7 Å². The zero-order chi connectivity index (χ0) is 30.7. The summed E-state index contributed by atoms with van der Waals surface area (Å²) in [5, 5.41) is 3.59. The van der Waals surface area contributed by atoms with Crippen molar-refractivity contribution < 1.29 is 14.3 Å². The Balaban J connectivity index is 1.77. The standard InChI is InChI=1S/C37H55ClNO3/c1-28(2)13-9-14-29(3)15-10-16-30(4)17-11-18-31(5)24-26-42-33-22-23-35(38)34(27-33)37(32-19-7-6-8-20-32)39-36(41)21-12-25-40/h6-8,19-20,22-23,27-31,37H,9-18,21,24,26H2,1-5H3,(H,39,41)/t29-,30-,31?,37?/m1/s1. The minimum atomic E-state index is -0.435. The topological polar surface area (TPSA) is 55.4 Å². The molecule has 2 unspecified atom stereocenters. The van der Waals surface area contributed by atoms with Gasteiger partial charge in [0.1, 0.15) is 5.75 Å². The molecule has 0 spiro atoms. The summed E-state index contributed by atoms with van der Waals surface area (Å²) < 4.78 is 6.15. The number of hydrogen-bond acceptors (Lipinski definition) is 3. The molecule has 1 radical (unpaired) electrons. The predicted octanol–water partition coefficient (Wildman–Crippen LogP) is 10.3. The smallest absolute Gasteiger partial charge is 0.221 e. The minimum Gasteiger partial charge on any atom is -0.494 e. The van der Waals surface area contributed by atoms with Gasteiger partial charge in [0.2, 0.25) is 5.91 Å². The van der Waals surface area contributed by atoms with Crippen LogP contribution in [-0.2, 0) is 9.59 Å². The number of ether oxygens (including phenoxy) is 1. The van der Waals surface area contributed by atoms with Crippen LogP contribution in [0.15, 0.2) is 48.5 Å². The van der Waals surface area contributed by atoms with Crippen LogP contribution in [-0.4, -0.2) is 18.8 Å². The van der Waals surface area contributed by atoms with E-state index in [1.165, 1.54) is 57.8 Å². The fourth-order valence-electron chi connectivity index (χ4n) is 5.53. The molecule has 0 aliphatic heterocycles.